The number of rotatable bonds is 6. The zero-order valence-electron chi connectivity index (χ0n) is 16.3. The highest BCUT2D eigenvalue weighted by Crippen LogP contribution is 2.28. The minimum atomic E-state index is -0.898. The number of hydrogen-bond acceptors (Lipinski definition) is 4. The summed E-state index contributed by atoms with van der Waals surface area (Å²) in [6, 6.07) is 19.3. The van der Waals surface area contributed by atoms with Crippen molar-refractivity contribution in [2.45, 2.75) is 38.8 Å². The van der Waals surface area contributed by atoms with Crippen LogP contribution in [0.1, 0.15) is 40.7 Å². The summed E-state index contributed by atoms with van der Waals surface area (Å²) in [6.07, 6.45) is 1.75. The summed E-state index contributed by atoms with van der Waals surface area (Å²) in [5.41, 5.74) is 4.18. The molecule has 6 heteroatoms. The molecule has 1 heterocycles. The van der Waals surface area contributed by atoms with Gasteiger partial charge >= 0.3 is 5.97 Å². The van der Waals surface area contributed by atoms with E-state index in [1.54, 1.807) is 6.92 Å². The number of carbonyl (C=O) groups is 2. The second-order valence-corrected chi connectivity index (χ2v) is 7.13. The van der Waals surface area contributed by atoms with E-state index in [4.69, 9.17) is 4.74 Å². The molecule has 2 aromatic carbocycles. The molecule has 4 rings (SSSR count). The molecule has 3 aromatic rings. The van der Waals surface area contributed by atoms with Gasteiger partial charge < -0.3 is 10.1 Å². The normalized spacial score (nSPS) is 13.6. The second kappa shape index (κ2) is 8.31. The van der Waals surface area contributed by atoms with Crippen molar-refractivity contribution in [3.05, 3.63) is 83.2 Å². The molecule has 0 bridgehead atoms. The lowest BCUT2D eigenvalue weighted by molar-refractivity contribution is -0.129. The zero-order valence-corrected chi connectivity index (χ0v) is 16.3. The van der Waals surface area contributed by atoms with Gasteiger partial charge in [0, 0.05) is 17.8 Å². The predicted octanol–water partition coefficient (Wildman–Crippen LogP) is 3.22. The van der Waals surface area contributed by atoms with E-state index in [0.29, 0.717) is 12.2 Å². The molecule has 29 heavy (non-hydrogen) atoms. The first-order valence-corrected chi connectivity index (χ1v) is 9.82. The van der Waals surface area contributed by atoms with Crippen LogP contribution in [0.5, 0.6) is 0 Å². The SMILES string of the molecule is CC(OC(=O)c1nn(-c2ccccc2)c2c1CCC2)C(=O)NCc1ccccc1. The Bertz CT molecular complexity index is 1010. The maximum Gasteiger partial charge on any atom is 0.359 e. The Morgan fingerprint density at radius 2 is 1.76 bits per heavy atom. The quantitative estimate of drug-likeness (QED) is 0.657. The van der Waals surface area contributed by atoms with Crippen molar-refractivity contribution in [3.8, 4) is 5.69 Å². The molecule has 0 fully saturated rings. The van der Waals surface area contributed by atoms with E-state index in [-0.39, 0.29) is 5.91 Å². The molecule has 1 N–H and O–H groups in total. The number of fused-ring (bicyclic) bond motifs is 1. The maximum absolute atomic E-state index is 12.8. The van der Waals surface area contributed by atoms with Crippen molar-refractivity contribution < 1.29 is 14.3 Å². The summed E-state index contributed by atoms with van der Waals surface area (Å²) >= 11 is 0. The number of aromatic nitrogens is 2. The van der Waals surface area contributed by atoms with Crippen LogP contribution >= 0.6 is 0 Å². The molecular formula is C23H23N3O3. The molecule has 1 unspecified atom stereocenters. The number of ether oxygens (including phenoxy) is 1. The highest BCUT2D eigenvalue weighted by atomic mass is 16.5. The molecule has 148 valence electrons. The Morgan fingerprint density at radius 1 is 1.07 bits per heavy atom. The van der Waals surface area contributed by atoms with Crippen LogP contribution in [0.15, 0.2) is 60.7 Å². The summed E-state index contributed by atoms with van der Waals surface area (Å²) in [6.45, 7) is 1.96. The lowest BCUT2D eigenvalue weighted by atomic mass is 10.2. The smallest absolute Gasteiger partial charge is 0.359 e. The molecule has 1 atom stereocenters. The van der Waals surface area contributed by atoms with Gasteiger partial charge in [0.2, 0.25) is 0 Å². The first-order chi connectivity index (χ1) is 14.1. The van der Waals surface area contributed by atoms with E-state index in [0.717, 1.165) is 41.8 Å². The van der Waals surface area contributed by atoms with Gasteiger partial charge in [0.05, 0.1) is 5.69 Å². The van der Waals surface area contributed by atoms with Gasteiger partial charge in [-0.2, -0.15) is 5.10 Å². The number of para-hydroxylation sites is 1. The van der Waals surface area contributed by atoms with Gasteiger partial charge in [-0.3, -0.25) is 4.79 Å². The van der Waals surface area contributed by atoms with Gasteiger partial charge in [-0.15, -0.1) is 0 Å². The Balaban J connectivity index is 1.45. The highest BCUT2D eigenvalue weighted by molar-refractivity contribution is 5.92. The monoisotopic (exact) mass is 389 g/mol. The molecule has 0 spiro atoms. The van der Waals surface area contributed by atoms with Gasteiger partial charge in [-0.05, 0) is 43.9 Å². The molecule has 1 aromatic heterocycles. The third-order valence-electron chi connectivity index (χ3n) is 5.09. The molecule has 1 amide bonds. The van der Waals surface area contributed by atoms with Crippen molar-refractivity contribution in [1.29, 1.82) is 0 Å². The van der Waals surface area contributed by atoms with Gasteiger partial charge in [0.1, 0.15) is 0 Å². The Hall–Kier alpha value is -3.41. The van der Waals surface area contributed by atoms with Gasteiger partial charge in [-0.1, -0.05) is 48.5 Å². The second-order valence-electron chi connectivity index (χ2n) is 7.13. The van der Waals surface area contributed by atoms with E-state index in [1.807, 2.05) is 65.3 Å². The molecular weight excluding hydrogens is 366 g/mol. The van der Waals surface area contributed by atoms with Crippen LogP contribution in [-0.4, -0.2) is 27.8 Å². The Kier molecular flexibility index (Phi) is 5.42. The molecule has 0 aliphatic heterocycles. The average Bonchev–Trinajstić information content (AvgIpc) is 3.36. The Labute approximate surface area is 169 Å². The maximum atomic E-state index is 12.8. The third kappa shape index (κ3) is 4.06. The average molecular weight is 389 g/mol. The molecule has 1 aliphatic carbocycles. The molecule has 0 saturated heterocycles. The van der Waals surface area contributed by atoms with E-state index in [9.17, 15) is 9.59 Å². The van der Waals surface area contributed by atoms with E-state index < -0.39 is 12.1 Å². The van der Waals surface area contributed by atoms with Gasteiger partial charge in [0.15, 0.2) is 11.8 Å². The largest absolute Gasteiger partial charge is 0.448 e. The first kappa shape index (κ1) is 18.9. The van der Waals surface area contributed by atoms with Crippen molar-refractivity contribution in [3.63, 3.8) is 0 Å². The number of hydrogen-bond donors (Lipinski definition) is 1. The van der Waals surface area contributed by atoms with Crippen LogP contribution < -0.4 is 5.32 Å². The van der Waals surface area contributed by atoms with Crippen molar-refractivity contribution >= 4 is 11.9 Å². The minimum absolute atomic E-state index is 0.309. The number of benzene rings is 2. The predicted molar refractivity (Wildman–Crippen MR) is 109 cm³/mol. The summed E-state index contributed by atoms with van der Waals surface area (Å²) in [4.78, 5) is 25.1. The zero-order chi connectivity index (χ0) is 20.2. The van der Waals surface area contributed by atoms with Crippen molar-refractivity contribution in [2.75, 3.05) is 0 Å². The van der Waals surface area contributed by atoms with Crippen LogP contribution in [0, 0.1) is 0 Å². The summed E-state index contributed by atoms with van der Waals surface area (Å²) in [5, 5.41) is 7.32. The van der Waals surface area contributed by atoms with E-state index in [1.165, 1.54) is 0 Å². The van der Waals surface area contributed by atoms with Crippen LogP contribution in [0.4, 0.5) is 0 Å². The number of nitrogens with zero attached hydrogens (tertiary/aromatic N) is 2. The summed E-state index contributed by atoms with van der Waals surface area (Å²) in [7, 11) is 0. The first-order valence-electron chi connectivity index (χ1n) is 9.82. The molecule has 0 saturated carbocycles. The fourth-order valence-corrected chi connectivity index (χ4v) is 3.58. The topological polar surface area (TPSA) is 73.2 Å². The van der Waals surface area contributed by atoms with Crippen molar-refractivity contribution in [2.24, 2.45) is 0 Å². The number of amides is 1. The number of nitrogens with one attached hydrogen (secondary N) is 1. The lowest BCUT2D eigenvalue weighted by Gasteiger charge is -2.13. The van der Waals surface area contributed by atoms with Crippen LogP contribution in [0.2, 0.25) is 0 Å². The van der Waals surface area contributed by atoms with E-state index >= 15 is 0 Å². The van der Waals surface area contributed by atoms with Crippen LogP contribution in [0.3, 0.4) is 0 Å². The van der Waals surface area contributed by atoms with Gasteiger partial charge in [0.25, 0.3) is 5.91 Å². The fraction of sp³-hybridized carbons (Fsp3) is 0.261. The van der Waals surface area contributed by atoms with Gasteiger partial charge in [-0.25, -0.2) is 9.48 Å². The van der Waals surface area contributed by atoms with Crippen molar-refractivity contribution in [1.82, 2.24) is 15.1 Å². The van der Waals surface area contributed by atoms with Crippen LogP contribution in [0.25, 0.3) is 5.69 Å². The molecule has 1 aliphatic rings. The van der Waals surface area contributed by atoms with E-state index in [2.05, 4.69) is 10.4 Å². The van der Waals surface area contributed by atoms with Crippen LogP contribution in [-0.2, 0) is 28.9 Å². The Morgan fingerprint density at radius 3 is 2.48 bits per heavy atom. The summed E-state index contributed by atoms with van der Waals surface area (Å²) < 4.78 is 7.25. The number of esters is 1. The number of carbonyl (C=O) groups excluding carboxylic acids is 2. The highest BCUT2D eigenvalue weighted by Gasteiger charge is 2.29. The lowest BCUT2D eigenvalue weighted by Crippen LogP contribution is -2.35. The standard InChI is InChI=1S/C23H23N3O3/c1-16(22(27)24-15-17-9-4-2-5-10-17)29-23(28)21-19-13-8-14-20(19)26(25-21)18-11-6-3-7-12-18/h2-7,9-12,16H,8,13-15H2,1H3,(H,24,27). The third-order valence-corrected chi connectivity index (χ3v) is 5.09. The fourth-order valence-electron chi connectivity index (χ4n) is 3.58. The minimum Gasteiger partial charge on any atom is -0.448 e. The molecule has 0 radical (unpaired) electrons. The molecule has 6 nitrogen and oxygen atoms in total. The summed E-state index contributed by atoms with van der Waals surface area (Å²) in [5.74, 6) is -0.887.